The van der Waals surface area contributed by atoms with Crippen LogP contribution in [0.5, 0.6) is 0 Å². The Bertz CT molecular complexity index is 671. The van der Waals surface area contributed by atoms with Crippen LogP contribution in [0.15, 0.2) is 17.8 Å². The number of imidazole rings is 1. The Labute approximate surface area is 138 Å². The lowest BCUT2D eigenvalue weighted by Gasteiger charge is -2.28. The van der Waals surface area contributed by atoms with Gasteiger partial charge in [0.15, 0.2) is 4.96 Å². The van der Waals surface area contributed by atoms with Crippen molar-refractivity contribution < 1.29 is 14.6 Å². The molecule has 2 atom stereocenters. The fourth-order valence-corrected chi connectivity index (χ4v) is 4.05. The van der Waals surface area contributed by atoms with E-state index in [0.717, 1.165) is 31.0 Å². The summed E-state index contributed by atoms with van der Waals surface area (Å²) in [5.74, 6) is -0.00836. The first kappa shape index (κ1) is 15.1. The second-order valence-electron chi connectivity index (χ2n) is 6.07. The standard InChI is InChI=1S/C15H20N4O3S/c20-13-10-22-9-12(13)17-2-1-3-18(5-4-17)14(21)11-8-19-6-7-23-15(19)16-11/h6-8,12-13,20H,1-5,9-10H2/t12-,13-/m0/s1. The van der Waals surface area contributed by atoms with Gasteiger partial charge in [0.1, 0.15) is 5.69 Å². The van der Waals surface area contributed by atoms with Gasteiger partial charge in [-0.3, -0.25) is 14.1 Å². The van der Waals surface area contributed by atoms with Crippen molar-refractivity contribution in [1.29, 1.82) is 0 Å². The van der Waals surface area contributed by atoms with Crippen LogP contribution in [0.3, 0.4) is 0 Å². The highest BCUT2D eigenvalue weighted by Crippen LogP contribution is 2.18. The molecular weight excluding hydrogens is 316 g/mol. The molecule has 0 radical (unpaired) electrons. The van der Waals surface area contributed by atoms with Crippen molar-refractivity contribution >= 4 is 22.2 Å². The van der Waals surface area contributed by atoms with Gasteiger partial charge in [-0.2, -0.15) is 0 Å². The van der Waals surface area contributed by atoms with E-state index in [4.69, 9.17) is 4.74 Å². The second-order valence-corrected chi connectivity index (χ2v) is 6.95. The van der Waals surface area contributed by atoms with Gasteiger partial charge in [0.2, 0.25) is 0 Å². The molecule has 2 aromatic rings. The Hall–Kier alpha value is -1.48. The number of aliphatic hydroxyl groups is 1. The molecule has 2 saturated heterocycles. The third kappa shape index (κ3) is 2.87. The summed E-state index contributed by atoms with van der Waals surface area (Å²) in [5.41, 5.74) is 0.509. The zero-order valence-electron chi connectivity index (χ0n) is 12.8. The third-order valence-corrected chi connectivity index (χ3v) is 5.39. The minimum atomic E-state index is -0.419. The number of hydrogen-bond acceptors (Lipinski definition) is 6. The average molecular weight is 336 g/mol. The summed E-state index contributed by atoms with van der Waals surface area (Å²) < 4.78 is 7.23. The fraction of sp³-hybridized carbons (Fsp3) is 0.600. The third-order valence-electron chi connectivity index (χ3n) is 4.62. The SMILES string of the molecule is O=C(c1cn2ccsc2n1)N1CCCN([C@H]2COC[C@@H]2O)CC1. The van der Waals surface area contributed by atoms with E-state index >= 15 is 0 Å². The molecule has 1 N–H and O–H groups in total. The number of thiazole rings is 1. The minimum Gasteiger partial charge on any atom is -0.389 e. The monoisotopic (exact) mass is 336 g/mol. The van der Waals surface area contributed by atoms with Gasteiger partial charge in [-0.15, -0.1) is 11.3 Å². The molecule has 0 bridgehead atoms. The van der Waals surface area contributed by atoms with E-state index in [1.807, 2.05) is 20.9 Å². The Morgan fingerprint density at radius 3 is 3.00 bits per heavy atom. The van der Waals surface area contributed by atoms with Gasteiger partial charge >= 0.3 is 0 Å². The van der Waals surface area contributed by atoms with Crippen LogP contribution in [0, 0.1) is 0 Å². The molecule has 23 heavy (non-hydrogen) atoms. The molecule has 0 aliphatic carbocycles. The lowest BCUT2D eigenvalue weighted by molar-refractivity contribution is 0.0721. The molecule has 2 fully saturated rings. The molecule has 0 saturated carbocycles. The normalized spacial score (nSPS) is 26.7. The summed E-state index contributed by atoms with van der Waals surface area (Å²) >= 11 is 1.52. The van der Waals surface area contributed by atoms with Crippen molar-refractivity contribution in [3.05, 3.63) is 23.5 Å². The number of nitrogens with zero attached hydrogens (tertiary/aromatic N) is 4. The molecule has 0 unspecified atom stereocenters. The lowest BCUT2D eigenvalue weighted by atomic mass is 10.2. The van der Waals surface area contributed by atoms with Gasteiger partial charge in [-0.05, 0) is 6.42 Å². The van der Waals surface area contributed by atoms with E-state index in [0.29, 0.717) is 25.5 Å². The van der Waals surface area contributed by atoms with Crippen molar-refractivity contribution in [3.63, 3.8) is 0 Å². The summed E-state index contributed by atoms with van der Waals surface area (Å²) in [4.78, 5) is 22.0. The summed E-state index contributed by atoms with van der Waals surface area (Å²) in [6, 6.07) is 0.0583. The molecule has 2 aliphatic rings. The summed E-state index contributed by atoms with van der Waals surface area (Å²) in [6.45, 7) is 4.02. The molecule has 124 valence electrons. The van der Waals surface area contributed by atoms with Gasteiger partial charge in [-0.1, -0.05) is 0 Å². The van der Waals surface area contributed by atoms with E-state index in [-0.39, 0.29) is 11.9 Å². The van der Waals surface area contributed by atoms with Gasteiger partial charge in [0.25, 0.3) is 5.91 Å². The number of carbonyl (C=O) groups is 1. The number of rotatable bonds is 2. The van der Waals surface area contributed by atoms with Crippen LogP contribution in [-0.4, -0.2) is 81.7 Å². The topological polar surface area (TPSA) is 70.3 Å². The van der Waals surface area contributed by atoms with Crippen molar-refractivity contribution in [3.8, 4) is 0 Å². The number of carbonyl (C=O) groups excluding carboxylic acids is 1. The van der Waals surface area contributed by atoms with Crippen LogP contribution in [0.2, 0.25) is 0 Å². The summed E-state index contributed by atoms with van der Waals surface area (Å²) in [6.07, 6.45) is 4.19. The van der Waals surface area contributed by atoms with Gasteiger partial charge < -0.3 is 14.7 Å². The number of fused-ring (bicyclic) bond motifs is 1. The molecule has 4 heterocycles. The van der Waals surface area contributed by atoms with Crippen LogP contribution in [0.1, 0.15) is 16.9 Å². The van der Waals surface area contributed by atoms with Crippen molar-refractivity contribution in [1.82, 2.24) is 19.2 Å². The van der Waals surface area contributed by atoms with Crippen molar-refractivity contribution in [2.24, 2.45) is 0 Å². The van der Waals surface area contributed by atoms with Crippen molar-refractivity contribution in [2.45, 2.75) is 18.6 Å². The molecule has 0 spiro atoms. The first-order chi connectivity index (χ1) is 11.2. The maximum atomic E-state index is 12.7. The molecule has 8 heteroatoms. The zero-order chi connectivity index (χ0) is 15.8. The van der Waals surface area contributed by atoms with Crippen LogP contribution in [0.4, 0.5) is 0 Å². The van der Waals surface area contributed by atoms with E-state index in [2.05, 4.69) is 9.88 Å². The van der Waals surface area contributed by atoms with Gasteiger partial charge in [0.05, 0.1) is 25.4 Å². The quantitative estimate of drug-likeness (QED) is 0.854. The Morgan fingerprint density at radius 1 is 1.30 bits per heavy atom. The molecule has 4 rings (SSSR count). The molecule has 2 aliphatic heterocycles. The van der Waals surface area contributed by atoms with Crippen LogP contribution >= 0.6 is 11.3 Å². The molecule has 0 aromatic carbocycles. The van der Waals surface area contributed by atoms with E-state index in [9.17, 15) is 9.90 Å². The molecule has 1 amide bonds. The molecule has 7 nitrogen and oxygen atoms in total. The Kier molecular flexibility index (Phi) is 4.06. The van der Waals surface area contributed by atoms with Crippen LogP contribution in [0.25, 0.3) is 4.96 Å². The molecule has 2 aromatic heterocycles. The highest BCUT2D eigenvalue weighted by atomic mass is 32.1. The predicted octanol–water partition coefficient (Wildman–Crippen LogP) is 0.303. The number of ether oxygens (including phenoxy) is 1. The maximum absolute atomic E-state index is 12.7. The zero-order valence-corrected chi connectivity index (χ0v) is 13.6. The first-order valence-corrected chi connectivity index (χ1v) is 8.81. The number of aliphatic hydroxyl groups excluding tert-OH is 1. The van der Waals surface area contributed by atoms with E-state index in [1.165, 1.54) is 11.3 Å². The largest absolute Gasteiger partial charge is 0.389 e. The number of amides is 1. The highest BCUT2D eigenvalue weighted by molar-refractivity contribution is 7.15. The van der Waals surface area contributed by atoms with Gasteiger partial charge in [-0.25, -0.2) is 4.98 Å². The number of hydrogen-bond donors (Lipinski definition) is 1. The first-order valence-electron chi connectivity index (χ1n) is 7.94. The predicted molar refractivity (Wildman–Crippen MR) is 85.8 cm³/mol. The minimum absolute atomic E-state index is 0.00836. The van der Waals surface area contributed by atoms with E-state index < -0.39 is 6.10 Å². The highest BCUT2D eigenvalue weighted by Gasteiger charge is 2.33. The van der Waals surface area contributed by atoms with Crippen molar-refractivity contribution in [2.75, 3.05) is 39.4 Å². The maximum Gasteiger partial charge on any atom is 0.274 e. The van der Waals surface area contributed by atoms with Crippen LogP contribution in [-0.2, 0) is 4.74 Å². The summed E-state index contributed by atoms with van der Waals surface area (Å²) in [7, 11) is 0. The average Bonchev–Trinajstić information content (AvgIpc) is 3.19. The van der Waals surface area contributed by atoms with Crippen LogP contribution < -0.4 is 0 Å². The van der Waals surface area contributed by atoms with Gasteiger partial charge in [0, 0.05) is 44.0 Å². The Balaban J connectivity index is 1.43. The lowest BCUT2D eigenvalue weighted by Crippen LogP contribution is -2.45. The smallest absolute Gasteiger partial charge is 0.274 e. The Morgan fingerprint density at radius 2 is 2.22 bits per heavy atom. The fourth-order valence-electron chi connectivity index (χ4n) is 3.35. The second kappa shape index (κ2) is 6.20. The molecular formula is C15H20N4O3S. The summed E-state index contributed by atoms with van der Waals surface area (Å²) in [5, 5.41) is 11.9. The number of aromatic nitrogens is 2. The van der Waals surface area contributed by atoms with E-state index in [1.54, 1.807) is 6.20 Å².